The van der Waals surface area contributed by atoms with Crippen molar-refractivity contribution >= 4 is 21.8 Å². The maximum atomic E-state index is 12.6. The first-order chi connectivity index (χ1) is 14.4. The summed E-state index contributed by atoms with van der Waals surface area (Å²) in [4.78, 5) is 0. The predicted octanol–water partition coefficient (Wildman–Crippen LogP) is 2.68. The molecular formula is C23H37Cl2N3O2S. The van der Waals surface area contributed by atoms with Gasteiger partial charge >= 0.3 is 10.2 Å². The molecule has 1 aromatic heterocycles. The lowest BCUT2D eigenvalue weighted by atomic mass is 10.1. The van der Waals surface area contributed by atoms with E-state index in [9.17, 15) is 8.42 Å². The van der Waals surface area contributed by atoms with Crippen molar-refractivity contribution < 1.29 is 24.8 Å². The zero-order valence-corrected chi connectivity index (χ0v) is 21.4. The minimum absolute atomic E-state index is 0. The minimum Gasteiger partial charge on any atom is -1.00 e. The smallest absolute Gasteiger partial charge is 0.379 e. The van der Waals surface area contributed by atoms with Crippen molar-refractivity contribution in [2.75, 3.05) is 14.1 Å². The summed E-state index contributed by atoms with van der Waals surface area (Å²) in [6.07, 6.45) is 16.0. The Bertz CT molecular complexity index is 883. The number of hydrogen-bond donors (Lipinski definition) is 0. The molecule has 0 N–H and O–H groups in total. The van der Waals surface area contributed by atoms with Crippen molar-refractivity contribution in [1.29, 1.82) is 0 Å². The second-order valence-electron chi connectivity index (χ2n) is 8.11. The van der Waals surface area contributed by atoms with Gasteiger partial charge in [-0.1, -0.05) is 82.0 Å². The summed E-state index contributed by atoms with van der Waals surface area (Å²) in [7, 11) is -0.488. The highest BCUT2D eigenvalue weighted by molar-refractivity contribution is 7.82. The largest absolute Gasteiger partial charge is 1.00 e. The molecule has 176 valence electrons. The van der Waals surface area contributed by atoms with E-state index in [0.717, 1.165) is 30.6 Å². The van der Waals surface area contributed by atoms with E-state index in [0.29, 0.717) is 5.02 Å². The number of benzene rings is 1. The third kappa shape index (κ3) is 8.41. The van der Waals surface area contributed by atoms with Crippen molar-refractivity contribution in [3.63, 3.8) is 0 Å². The zero-order chi connectivity index (χ0) is 22.0. The van der Waals surface area contributed by atoms with Gasteiger partial charge in [-0.3, -0.25) is 0 Å². The highest BCUT2D eigenvalue weighted by Crippen LogP contribution is 2.27. The topological polar surface area (TPSA) is 46.2 Å². The molecule has 0 bridgehead atoms. The summed E-state index contributed by atoms with van der Waals surface area (Å²) < 4.78 is 29.7. The fourth-order valence-electron chi connectivity index (χ4n) is 3.58. The van der Waals surface area contributed by atoms with Gasteiger partial charge < -0.3 is 12.4 Å². The van der Waals surface area contributed by atoms with Crippen LogP contribution in [0.4, 0.5) is 0 Å². The van der Waals surface area contributed by atoms with Crippen LogP contribution in [0.25, 0.3) is 11.3 Å². The van der Waals surface area contributed by atoms with Crippen LogP contribution in [0.15, 0.2) is 36.8 Å². The summed E-state index contributed by atoms with van der Waals surface area (Å²) in [5.41, 5.74) is 1.67. The maximum Gasteiger partial charge on any atom is 0.379 e. The molecule has 0 radical (unpaired) electrons. The highest BCUT2D eigenvalue weighted by Gasteiger charge is 2.27. The van der Waals surface area contributed by atoms with Gasteiger partial charge in [-0.15, -0.1) is 3.97 Å². The van der Waals surface area contributed by atoms with Gasteiger partial charge in [0, 0.05) is 19.7 Å². The molecule has 0 saturated carbocycles. The number of aryl methyl sites for hydroxylation is 1. The van der Waals surface area contributed by atoms with Crippen LogP contribution < -0.4 is 16.4 Å². The van der Waals surface area contributed by atoms with Gasteiger partial charge in [0.25, 0.3) is 6.33 Å². The lowest BCUT2D eigenvalue weighted by Crippen LogP contribution is -3.00. The molecular weight excluding hydrogens is 453 g/mol. The lowest BCUT2D eigenvalue weighted by molar-refractivity contribution is -0.514. The number of imidazole rings is 1. The van der Waals surface area contributed by atoms with E-state index in [1.807, 2.05) is 28.8 Å². The van der Waals surface area contributed by atoms with E-state index in [4.69, 9.17) is 11.6 Å². The first-order valence-corrected chi connectivity index (χ1v) is 12.9. The Hall–Kier alpha value is -1.08. The Morgan fingerprint density at radius 1 is 0.935 bits per heavy atom. The van der Waals surface area contributed by atoms with Gasteiger partial charge in [-0.2, -0.15) is 12.7 Å². The standard InChI is InChI=1S/C23H37ClN3O2S.ClH/c1-4-5-6-7-8-9-10-11-12-15-18-26-20-27(30(28,29)25(2)3)19-23(26)21-16-13-14-17-22(21)24;/h13-14,16-17,19-20H,4-12,15,18H2,1-3H3;1H/q+1;/p-1. The van der Waals surface area contributed by atoms with Crippen molar-refractivity contribution in [3.8, 4) is 11.3 Å². The number of unbranched alkanes of at least 4 members (excludes halogenated alkanes) is 9. The molecule has 0 aliphatic heterocycles. The number of aromatic nitrogens is 2. The SMILES string of the molecule is CCCCCCCCCCCCn1c[n+](S(=O)(=O)N(C)C)cc1-c1ccccc1Cl.[Cl-]. The average molecular weight is 491 g/mol. The molecule has 0 amide bonds. The molecule has 0 spiro atoms. The third-order valence-electron chi connectivity index (χ3n) is 5.44. The Kier molecular flexibility index (Phi) is 12.8. The van der Waals surface area contributed by atoms with Crippen LogP contribution in [0.5, 0.6) is 0 Å². The molecule has 1 heterocycles. The molecule has 0 saturated heterocycles. The first-order valence-electron chi connectivity index (χ1n) is 11.2. The van der Waals surface area contributed by atoms with Crippen molar-refractivity contribution in [3.05, 3.63) is 41.8 Å². The molecule has 8 heteroatoms. The van der Waals surface area contributed by atoms with Crippen LogP contribution in [0.2, 0.25) is 5.02 Å². The monoisotopic (exact) mass is 489 g/mol. The number of rotatable bonds is 14. The third-order valence-corrected chi connectivity index (χ3v) is 7.43. The summed E-state index contributed by atoms with van der Waals surface area (Å²) in [5, 5.41) is 0.620. The van der Waals surface area contributed by atoms with Crippen molar-refractivity contribution in [2.45, 2.75) is 77.7 Å². The molecule has 0 atom stereocenters. The molecule has 0 aliphatic rings. The average Bonchev–Trinajstić information content (AvgIpc) is 3.14. The Labute approximate surface area is 200 Å². The van der Waals surface area contributed by atoms with E-state index >= 15 is 0 Å². The number of nitrogens with zero attached hydrogens (tertiary/aromatic N) is 3. The summed E-state index contributed by atoms with van der Waals surface area (Å²) >= 11 is 6.40. The predicted molar refractivity (Wildman–Crippen MR) is 125 cm³/mol. The van der Waals surface area contributed by atoms with E-state index in [2.05, 4.69) is 6.92 Å². The Balaban J connectivity index is 0.00000480. The van der Waals surface area contributed by atoms with Crippen LogP contribution in [-0.4, -0.2) is 31.4 Å². The number of hydrogen-bond acceptors (Lipinski definition) is 2. The molecule has 5 nitrogen and oxygen atoms in total. The van der Waals surface area contributed by atoms with Crippen molar-refractivity contribution in [2.24, 2.45) is 0 Å². The summed E-state index contributed by atoms with van der Waals surface area (Å²) in [6.45, 7) is 3.02. The van der Waals surface area contributed by atoms with E-state index in [1.54, 1.807) is 12.5 Å². The van der Waals surface area contributed by atoms with Crippen LogP contribution in [0.3, 0.4) is 0 Å². The van der Waals surface area contributed by atoms with E-state index in [1.165, 1.54) is 73.7 Å². The molecule has 1 aromatic carbocycles. The first kappa shape index (κ1) is 28.0. The molecule has 0 unspecified atom stereocenters. The second-order valence-corrected chi connectivity index (χ2v) is 10.6. The van der Waals surface area contributed by atoms with E-state index < -0.39 is 10.2 Å². The molecule has 2 aromatic rings. The fourth-order valence-corrected chi connectivity index (χ4v) is 4.66. The Morgan fingerprint density at radius 3 is 2.03 bits per heavy atom. The van der Waals surface area contributed by atoms with E-state index in [-0.39, 0.29) is 12.4 Å². The van der Waals surface area contributed by atoms with Gasteiger partial charge in [0.1, 0.15) is 0 Å². The van der Waals surface area contributed by atoms with Gasteiger partial charge in [-0.25, -0.2) is 4.57 Å². The van der Waals surface area contributed by atoms with Crippen LogP contribution in [0, 0.1) is 0 Å². The lowest BCUT2D eigenvalue weighted by Gasteiger charge is -2.05. The number of halogens is 2. The molecule has 2 rings (SSSR count). The molecule has 0 fully saturated rings. The normalized spacial score (nSPS) is 11.6. The highest BCUT2D eigenvalue weighted by atomic mass is 35.5. The summed E-state index contributed by atoms with van der Waals surface area (Å²) in [6, 6.07) is 7.56. The fraction of sp³-hybridized carbons (Fsp3) is 0.609. The van der Waals surface area contributed by atoms with Gasteiger partial charge in [0.15, 0.2) is 11.9 Å². The van der Waals surface area contributed by atoms with Crippen LogP contribution in [0.1, 0.15) is 71.1 Å². The second kappa shape index (κ2) is 14.1. The van der Waals surface area contributed by atoms with Gasteiger partial charge in [0.2, 0.25) is 0 Å². The van der Waals surface area contributed by atoms with Crippen LogP contribution in [-0.2, 0) is 16.8 Å². The van der Waals surface area contributed by atoms with Crippen LogP contribution >= 0.6 is 11.6 Å². The molecule has 0 aliphatic carbocycles. The molecule has 31 heavy (non-hydrogen) atoms. The quantitative estimate of drug-likeness (QED) is 0.302. The maximum absolute atomic E-state index is 12.6. The van der Waals surface area contributed by atoms with Gasteiger partial charge in [0.05, 0.1) is 11.6 Å². The van der Waals surface area contributed by atoms with Gasteiger partial charge in [-0.05, 0) is 25.0 Å². The zero-order valence-electron chi connectivity index (χ0n) is 19.1. The minimum atomic E-state index is -3.57. The summed E-state index contributed by atoms with van der Waals surface area (Å²) in [5.74, 6) is 0. The van der Waals surface area contributed by atoms with Crippen molar-refractivity contribution in [1.82, 2.24) is 8.87 Å². The Morgan fingerprint density at radius 2 is 1.48 bits per heavy atom.